The summed E-state index contributed by atoms with van der Waals surface area (Å²) in [6.07, 6.45) is 7.51. The quantitative estimate of drug-likeness (QED) is 0.606. The van der Waals surface area contributed by atoms with E-state index >= 15 is 0 Å². The second-order valence-corrected chi connectivity index (χ2v) is 9.69. The van der Waals surface area contributed by atoms with Crippen LogP contribution in [0.2, 0.25) is 0 Å². The molecule has 4 fully saturated rings. The normalized spacial score (nSPS) is 52.8. The third kappa shape index (κ3) is 1.81. The molecule has 6 atom stereocenters. The molecule has 4 rings (SSSR count). The molecule has 4 aliphatic rings. The second kappa shape index (κ2) is 4.58. The van der Waals surface area contributed by atoms with E-state index in [1.54, 1.807) is 0 Å². The Morgan fingerprint density at radius 1 is 0.957 bits per heavy atom. The number of rotatable bonds is 0. The molecule has 0 saturated heterocycles. The lowest BCUT2D eigenvalue weighted by Gasteiger charge is -2.64. The van der Waals surface area contributed by atoms with Crippen LogP contribution in [0.15, 0.2) is 12.2 Å². The third-order valence-corrected chi connectivity index (χ3v) is 8.78. The van der Waals surface area contributed by atoms with Crippen LogP contribution in [0.1, 0.15) is 72.1 Å². The molecule has 0 bridgehead atoms. The van der Waals surface area contributed by atoms with Crippen LogP contribution < -0.4 is 0 Å². The molecule has 2 nitrogen and oxygen atoms in total. The van der Waals surface area contributed by atoms with Crippen molar-refractivity contribution in [3.8, 4) is 0 Å². The van der Waals surface area contributed by atoms with Gasteiger partial charge < -0.3 is 0 Å². The summed E-state index contributed by atoms with van der Waals surface area (Å²) in [5.74, 6) is 2.55. The summed E-state index contributed by atoms with van der Waals surface area (Å²) in [6, 6.07) is 0. The minimum atomic E-state index is -0.0985. The monoisotopic (exact) mass is 314 g/mol. The summed E-state index contributed by atoms with van der Waals surface area (Å²) < 4.78 is 0. The Hall–Kier alpha value is -0.920. The predicted octanol–water partition coefficient (Wildman–Crippen LogP) is 4.72. The van der Waals surface area contributed by atoms with Crippen molar-refractivity contribution >= 4 is 11.6 Å². The molecular formula is C21H30O2. The van der Waals surface area contributed by atoms with E-state index in [2.05, 4.69) is 27.4 Å². The number of fused-ring (bicyclic) bond motifs is 5. The van der Waals surface area contributed by atoms with Gasteiger partial charge in [-0.25, -0.2) is 0 Å². The Kier molecular flexibility index (Phi) is 3.11. The highest BCUT2D eigenvalue weighted by atomic mass is 16.1. The van der Waals surface area contributed by atoms with Crippen LogP contribution in [-0.2, 0) is 9.59 Å². The van der Waals surface area contributed by atoms with Crippen LogP contribution in [0.25, 0.3) is 0 Å². The average molecular weight is 314 g/mol. The van der Waals surface area contributed by atoms with Gasteiger partial charge in [-0.3, -0.25) is 9.59 Å². The molecule has 0 amide bonds. The van der Waals surface area contributed by atoms with Crippen molar-refractivity contribution < 1.29 is 9.59 Å². The van der Waals surface area contributed by atoms with Crippen molar-refractivity contribution in [3.63, 3.8) is 0 Å². The van der Waals surface area contributed by atoms with E-state index in [0.717, 1.165) is 51.4 Å². The molecule has 23 heavy (non-hydrogen) atoms. The molecule has 0 aromatic rings. The van der Waals surface area contributed by atoms with E-state index in [-0.39, 0.29) is 16.2 Å². The van der Waals surface area contributed by atoms with Gasteiger partial charge in [0.2, 0.25) is 0 Å². The minimum absolute atomic E-state index is 0.0803. The molecule has 4 saturated carbocycles. The van der Waals surface area contributed by atoms with E-state index in [4.69, 9.17) is 0 Å². The lowest BCUT2D eigenvalue weighted by molar-refractivity contribution is -0.151. The van der Waals surface area contributed by atoms with E-state index in [0.29, 0.717) is 29.3 Å². The van der Waals surface area contributed by atoms with Gasteiger partial charge in [-0.1, -0.05) is 32.9 Å². The molecule has 0 aromatic heterocycles. The fourth-order valence-corrected chi connectivity index (χ4v) is 7.14. The van der Waals surface area contributed by atoms with Gasteiger partial charge in [-0.2, -0.15) is 0 Å². The van der Waals surface area contributed by atoms with E-state index < -0.39 is 0 Å². The van der Waals surface area contributed by atoms with Crippen molar-refractivity contribution in [1.29, 1.82) is 0 Å². The average Bonchev–Trinajstić information content (AvgIpc) is 2.77. The van der Waals surface area contributed by atoms with Gasteiger partial charge in [0.05, 0.1) is 0 Å². The first-order valence-electron chi connectivity index (χ1n) is 9.44. The fraction of sp³-hybridized carbons (Fsp3) is 0.810. The zero-order chi connectivity index (χ0) is 16.6. The number of Topliss-reactive ketones (excluding diaryl/α,β-unsaturated/α-hetero) is 2. The smallest absolute Gasteiger partial charge is 0.139 e. The van der Waals surface area contributed by atoms with Gasteiger partial charge >= 0.3 is 0 Å². The number of carbonyl (C=O) groups is 2. The fourth-order valence-electron chi connectivity index (χ4n) is 7.14. The Morgan fingerprint density at radius 2 is 1.70 bits per heavy atom. The first kappa shape index (κ1) is 15.6. The van der Waals surface area contributed by atoms with Crippen molar-refractivity contribution in [2.45, 2.75) is 72.1 Å². The molecule has 0 radical (unpaired) electrons. The third-order valence-electron chi connectivity index (χ3n) is 8.78. The van der Waals surface area contributed by atoms with Crippen LogP contribution in [0.3, 0.4) is 0 Å². The Labute approximate surface area is 140 Å². The summed E-state index contributed by atoms with van der Waals surface area (Å²) in [4.78, 5) is 24.6. The highest BCUT2D eigenvalue weighted by molar-refractivity contribution is 5.87. The highest BCUT2D eigenvalue weighted by Crippen LogP contribution is 2.69. The zero-order valence-corrected chi connectivity index (χ0v) is 14.9. The van der Waals surface area contributed by atoms with Gasteiger partial charge in [0.25, 0.3) is 0 Å². The lowest BCUT2D eigenvalue weighted by Crippen LogP contribution is -2.58. The van der Waals surface area contributed by atoms with Crippen LogP contribution in [0.4, 0.5) is 0 Å². The maximum atomic E-state index is 12.5. The minimum Gasteiger partial charge on any atom is -0.300 e. The van der Waals surface area contributed by atoms with E-state index in [1.165, 1.54) is 5.57 Å². The molecule has 0 aliphatic heterocycles. The number of hydrogen-bond donors (Lipinski definition) is 0. The highest BCUT2D eigenvalue weighted by Gasteiger charge is 2.64. The largest absolute Gasteiger partial charge is 0.300 e. The predicted molar refractivity (Wildman–Crippen MR) is 90.9 cm³/mol. The molecule has 4 aliphatic carbocycles. The Balaban J connectivity index is 1.76. The van der Waals surface area contributed by atoms with Crippen molar-refractivity contribution in [2.24, 2.45) is 34.0 Å². The SMILES string of the molecule is C=C1CC2(C)CC(=O)CCC2(C)C2CCC3(C)C(=O)CCC3C12. The van der Waals surface area contributed by atoms with E-state index in [9.17, 15) is 9.59 Å². The number of hydrogen-bond acceptors (Lipinski definition) is 2. The van der Waals surface area contributed by atoms with E-state index in [1.807, 2.05) is 0 Å². The lowest BCUT2D eigenvalue weighted by atomic mass is 9.40. The standard InChI is InChI=1S/C21H30O2/c1-13-11-19(2)12-14(22)7-10-21(19,4)16-8-9-20(3)15(18(13)16)5-6-17(20)23/h15-16,18H,1,5-12H2,2-4H3. The van der Waals surface area contributed by atoms with Crippen molar-refractivity contribution in [2.75, 3.05) is 0 Å². The van der Waals surface area contributed by atoms with Crippen LogP contribution in [0.5, 0.6) is 0 Å². The molecule has 0 aromatic carbocycles. The molecule has 0 spiro atoms. The summed E-state index contributed by atoms with van der Waals surface area (Å²) in [6.45, 7) is 11.5. The molecule has 126 valence electrons. The van der Waals surface area contributed by atoms with Gasteiger partial charge in [0.1, 0.15) is 11.6 Å². The second-order valence-electron chi connectivity index (χ2n) is 9.69. The summed E-state index contributed by atoms with van der Waals surface area (Å²) in [5, 5.41) is 0. The molecule has 2 heteroatoms. The van der Waals surface area contributed by atoms with Crippen LogP contribution >= 0.6 is 0 Å². The van der Waals surface area contributed by atoms with Crippen molar-refractivity contribution in [3.05, 3.63) is 12.2 Å². The molecule has 6 unspecified atom stereocenters. The van der Waals surface area contributed by atoms with Crippen LogP contribution in [-0.4, -0.2) is 11.6 Å². The van der Waals surface area contributed by atoms with Gasteiger partial charge in [-0.15, -0.1) is 0 Å². The van der Waals surface area contributed by atoms with Gasteiger partial charge in [0.15, 0.2) is 0 Å². The summed E-state index contributed by atoms with van der Waals surface area (Å²) in [5.41, 5.74) is 1.56. The zero-order valence-electron chi connectivity index (χ0n) is 14.9. The Bertz CT molecular complexity index is 605. The molecular weight excluding hydrogens is 284 g/mol. The maximum Gasteiger partial charge on any atom is 0.139 e. The first-order chi connectivity index (χ1) is 10.7. The topological polar surface area (TPSA) is 34.1 Å². The first-order valence-corrected chi connectivity index (χ1v) is 9.44. The van der Waals surface area contributed by atoms with Crippen LogP contribution in [0, 0.1) is 34.0 Å². The maximum absolute atomic E-state index is 12.5. The van der Waals surface area contributed by atoms with Gasteiger partial charge in [0, 0.05) is 24.7 Å². The molecule has 0 N–H and O–H groups in total. The molecule has 0 heterocycles. The van der Waals surface area contributed by atoms with Gasteiger partial charge in [-0.05, 0) is 60.7 Å². The number of allylic oxidation sites excluding steroid dienone is 1. The Morgan fingerprint density at radius 3 is 2.43 bits per heavy atom. The number of carbonyl (C=O) groups excluding carboxylic acids is 2. The summed E-state index contributed by atoms with van der Waals surface area (Å²) in [7, 11) is 0. The number of ketones is 2. The van der Waals surface area contributed by atoms with Crippen molar-refractivity contribution in [1.82, 2.24) is 0 Å². The summed E-state index contributed by atoms with van der Waals surface area (Å²) >= 11 is 0.